The maximum atomic E-state index is 13.2. The Morgan fingerprint density at radius 3 is 2.87 bits per heavy atom. The van der Waals surface area contributed by atoms with E-state index in [4.69, 9.17) is 0 Å². The van der Waals surface area contributed by atoms with Crippen LogP contribution in [0.25, 0.3) is 11.4 Å². The number of hydrogen-bond donors (Lipinski definition) is 1. The molecular weight excluding hydrogens is 195 g/mol. The van der Waals surface area contributed by atoms with Gasteiger partial charge < -0.3 is 4.98 Å². The first-order valence-electron chi connectivity index (χ1n) is 4.47. The molecule has 0 saturated carbocycles. The number of aromatic amines is 1. The van der Waals surface area contributed by atoms with Gasteiger partial charge in [0.25, 0.3) is 0 Å². The van der Waals surface area contributed by atoms with E-state index in [0.29, 0.717) is 28.9 Å². The van der Waals surface area contributed by atoms with Gasteiger partial charge in [-0.25, -0.2) is 9.37 Å². The van der Waals surface area contributed by atoms with E-state index in [2.05, 4.69) is 9.97 Å². The molecule has 2 aromatic rings. The lowest BCUT2D eigenvalue weighted by atomic mass is 10.1. The predicted molar refractivity (Wildman–Crippen MR) is 54.1 cm³/mol. The first kappa shape index (κ1) is 9.58. The molecule has 0 aliphatic carbocycles. The minimum absolute atomic E-state index is 0.281. The van der Waals surface area contributed by atoms with E-state index in [-0.39, 0.29) is 5.82 Å². The second-order valence-corrected chi connectivity index (χ2v) is 3.27. The van der Waals surface area contributed by atoms with Crippen molar-refractivity contribution in [2.24, 2.45) is 0 Å². The maximum absolute atomic E-state index is 13.2. The van der Waals surface area contributed by atoms with Crippen LogP contribution in [0.2, 0.25) is 0 Å². The molecule has 0 radical (unpaired) electrons. The molecule has 0 aliphatic rings. The molecule has 0 bridgehead atoms. The Hall–Kier alpha value is -1.97. The summed E-state index contributed by atoms with van der Waals surface area (Å²) in [6.45, 7) is 1.69. The number of aryl methyl sites for hydroxylation is 1. The molecule has 1 N–H and O–H groups in total. The molecule has 0 amide bonds. The number of halogens is 1. The average molecular weight is 204 g/mol. The van der Waals surface area contributed by atoms with Gasteiger partial charge in [-0.3, -0.25) is 4.79 Å². The molecule has 1 heterocycles. The summed E-state index contributed by atoms with van der Waals surface area (Å²) in [5.41, 5.74) is 1.60. The van der Waals surface area contributed by atoms with Crippen LogP contribution in [0, 0.1) is 12.7 Å². The van der Waals surface area contributed by atoms with Gasteiger partial charge in [-0.05, 0) is 18.6 Å². The second kappa shape index (κ2) is 3.65. The van der Waals surface area contributed by atoms with Crippen LogP contribution in [-0.2, 0) is 0 Å². The zero-order chi connectivity index (χ0) is 10.8. The Morgan fingerprint density at radius 2 is 2.27 bits per heavy atom. The Morgan fingerprint density at radius 1 is 1.47 bits per heavy atom. The SMILES string of the molecule is Cc1ccc(-c2ncc(C=O)[nH]2)cc1F. The fourth-order valence-corrected chi connectivity index (χ4v) is 1.28. The predicted octanol–water partition coefficient (Wildman–Crippen LogP) is 2.34. The van der Waals surface area contributed by atoms with Crippen LogP contribution in [0.3, 0.4) is 0 Å². The van der Waals surface area contributed by atoms with Crippen LogP contribution in [0.1, 0.15) is 16.1 Å². The molecule has 15 heavy (non-hydrogen) atoms. The average Bonchev–Trinajstić information content (AvgIpc) is 2.70. The summed E-state index contributed by atoms with van der Waals surface area (Å²) >= 11 is 0. The summed E-state index contributed by atoms with van der Waals surface area (Å²) in [6.07, 6.45) is 2.08. The number of nitrogens with zero attached hydrogens (tertiary/aromatic N) is 1. The minimum Gasteiger partial charge on any atom is -0.336 e. The topological polar surface area (TPSA) is 45.8 Å². The van der Waals surface area contributed by atoms with Crippen molar-refractivity contribution in [1.29, 1.82) is 0 Å². The van der Waals surface area contributed by atoms with Gasteiger partial charge in [-0.2, -0.15) is 0 Å². The molecule has 0 unspecified atom stereocenters. The first-order valence-corrected chi connectivity index (χ1v) is 4.47. The van der Waals surface area contributed by atoms with Gasteiger partial charge in [0.05, 0.1) is 11.9 Å². The lowest BCUT2D eigenvalue weighted by molar-refractivity contribution is 0.111. The third kappa shape index (κ3) is 1.79. The van der Waals surface area contributed by atoms with Crippen LogP contribution in [0.4, 0.5) is 4.39 Å². The molecule has 0 spiro atoms. The fourth-order valence-electron chi connectivity index (χ4n) is 1.28. The number of H-pyrrole nitrogens is 1. The number of nitrogens with one attached hydrogen (secondary N) is 1. The van der Waals surface area contributed by atoms with Gasteiger partial charge >= 0.3 is 0 Å². The third-order valence-electron chi connectivity index (χ3n) is 2.17. The van der Waals surface area contributed by atoms with Crippen LogP contribution in [-0.4, -0.2) is 16.3 Å². The number of aldehydes is 1. The molecule has 0 aliphatic heterocycles. The van der Waals surface area contributed by atoms with Crippen molar-refractivity contribution in [2.45, 2.75) is 6.92 Å². The van der Waals surface area contributed by atoms with Crippen molar-refractivity contribution < 1.29 is 9.18 Å². The van der Waals surface area contributed by atoms with Gasteiger partial charge in [-0.1, -0.05) is 12.1 Å². The molecule has 1 aromatic carbocycles. The highest BCUT2D eigenvalue weighted by atomic mass is 19.1. The quantitative estimate of drug-likeness (QED) is 0.763. The molecule has 2 rings (SSSR count). The Labute approximate surface area is 86.0 Å². The number of carbonyl (C=O) groups is 1. The molecule has 3 nitrogen and oxygen atoms in total. The van der Waals surface area contributed by atoms with E-state index < -0.39 is 0 Å². The van der Waals surface area contributed by atoms with Crippen LogP contribution in [0.5, 0.6) is 0 Å². The van der Waals surface area contributed by atoms with Crippen molar-refractivity contribution >= 4 is 6.29 Å². The van der Waals surface area contributed by atoms with Crippen molar-refractivity contribution in [3.8, 4) is 11.4 Å². The van der Waals surface area contributed by atoms with Crippen molar-refractivity contribution in [1.82, 2.24) is 9.97 Å². The number of carbonyl (C=O) groups excluding carboxylic acids is 1. The number of rotatable bonds is 2. The highest BCUT2D eigenvalue weighted by Crippen LogP contribution is 2.18. The van der Waals surface area contributed by atoms with Gasteiger partial charge in [-0.15, -0.1) is 0 Å². The smallest absolute Gasteiger partial charge is 0.167 e. The number of imidazole rings is 1. The molecule has 0 atom stereocenters. The van der Waals surface area contributed by atoms with Gasteiger partial charge in [0.1, 0.15) is 11.6 Å². The summed E-state index contributed by atoms with van der Waals surface area (Å²) < 4.78 is 13.2. The highest BCUT2D eigenvalue weighted by Gasteiger charge is 2.05. The summed E-state index contributed by atoms with van der Waals surface area (Å²) in [5, 5.41) is 0. The summed E-state index contributed by atoms with van der Waals surface area (Å²) in [5.74, 6) is 0.215. The van der Waals surface area contributed by atoms with Crippen LogP contribution in [0.15, 0.2) is 24.4 Å². The third-order valence-corrected chi connectivity index (χ3v) is 2.17. The van der Waals surface area contributed by atoms with Gasteiger partial charge in [0.2, 0.25) is 0 Å². The number of hydrogen-bond acceptors (Lipinski definition) is 2. The fraction of sp³-hybridized carbons (Fsp3) is 0.0909. The molecule has 0 fully saturated rings. The summed E-state index contributed by atoms with van der Waals surface area (Å²) in [4.78, 5) is 17.2. The maximum Gasteiger partial charge on any atom is 0.167 e. The molecule has 76 valence electrons. The Balaban J connectivity index is 2.44. The van der Waals surface area contributed by atoms with E-state index >= 15 is 0 Å². The zero-order valence-electron chi connectivity index (χ0n) is 8.12. The Bertz CT molecular complexity index is 505. The van der Waals surface area contributed by atoms with Crippen molar-refractivity contribution in [3.63, 3.8) is 0 Å². The first-order chi connectivity index (χ1) is 7.20. The summed E-state index contributed by atoms with van der Waals surface area (Å²) in [6, 6.07) is 4.82. The molecular formula is C11H9FN2O. The molecule has 4 heteroatoms. The largest absolute Gasteiger partial charge is 0.336 e. The van der Waals surface area contributed by atoms with Crippen molar-refractivity contribution in [2.75, 3.05) is 0 Å². The van der Waals surface area contributed by atoms with Crippen molar-refractivity contribution in [3.05, 3.63) is 41.5 Å². The standard InChI is InChI=1S/C11H9FN2O/c1-7-2-3-8(4-10(7)12)11-13-5-9(6-15)14-11/h2-6H,1H3,(H,13,14). The van der Waals surface area contributed by atoms with E-state index in [9.17, 15) is 9.18 Å². The van der Waals surface area contributed by atoms with E-state index in [1.165, 1.54) is 12.3 Å². The van der Waals surface area contributed by atoms with E-state index in [1.807, 2.05) is 0 Å². The summed E-state index contributed by atoms with van der Waals surface area (Å²) in [7, 11) is 0. The second-order valence-electron chi connectivity index (χ2n) is 3.27. The normalized spacial score (nSPS) is 10.3. The number of aromatic nitrogens is 2. The van der Waals surface area contributed by atoms with Gasteiger partial charge in [0.15, 0.2) is 6.29 Å². The molecule has 0 saturated heterocycles. The van der Waals surface area contributed by atoms with Crippen LogP contribution < -0.4 is 0 Å². The monoisotopic (exact) mass is 204 g/mol. The van der Waals surface area contributed by atoms with Gasteiger partial charge in [0, 0.05) is 5.56 Å². The highest BCUT2D eigenvalue weighted by molar-refractivity contribution is 5.73. The number of benzene rings is 1. The molecule has 1 aromatic heterocycles. The Kier molecular flexibility index (Phi) is 2.33. The zero-order valence-corrected chi connectivity index (χ0v) is 8.12. The van der Waals surface area contributed by atoms with E-state index in [1.54, 1.807) is 19.1 Å². The minimum atomic E-state index is -0.281. The van der Waals surface area contributed by atoms with Crippen LogP contribution >= 0.6 is 0 Å². The van der Waals surface area contributed by atoms with E-state index in [0.717, 1.165) is 0 Å². The lowest BCUT2D eigenvalue weighted by Crippen LogP contribution is -1.86. The lowest BCUT2D eigenvalue weighted by Gasteiger charge is -1.99.